The van der Waals surface area contributed by atoms with E-state index in [2.05, 4.69) is 45.2 Å². The fourth-order valence-electron chi connectivity index (χ4n) is 3.25. The summed E-state index contributed by atoms with van der Waals surface area (Å²) < 4.78 is 19.4. The molecule has 11 nitrogen and oxygen atoms in total. The van der Waals surface area contributed by atoms with Crippen molar-refractivity contribution >= 4 is 102 Å². The average molecular weight is 1000 g/mol. The minimum atomic E-state index is -1.89. The molecule has 6 atom stereocenters. The van der Waals surface area contributed by atoms with Crippen LogP contribution in [0.1, 0.15) is 5.56 Å². The molecule has 38 heavy (non-hydrogen) atoms. The molecule has 1 heterocycles. The number of hydrogen-bond acceptors (Lipinski definition) is 11. The molecule has 2 aromatic carbocycles. The summed E-state index contributed by atoms with van der Waals surface area (Å²) in [7, 11) is 0. The molecule has 1 fully saturated rings. The van der Waals surface area contributed by atoms with E-state index >= 15 is 0 Å². The Bertz CT molecular complexity index is 1130. The van der Waals surface area contributed by atoms with Gasteiger partial charge in [-0.05, 0) is 127 Å². The molecule has 5 N–H and O–H groups in total. The summed E-state index contributed by atoms with van der Waals surface area (Å²) in [5, 5.41) is 52.2. The molecule has 3 rings (SSSR count). The van der Waals surface area contributed by atoms with E-state index in [-0.39, 0.29) is 71.3 Å². The van der Waals surface area contributed by atoms with Crippen molar-refractivity contribution in [1.29, 1.82) is 0 Å². The van der Waals surface area contributed by atoms with E-state index in [0.29, 0.717) is 24.2 Å². The summed E-state index contributed by atoms with van der Waals surface area (Å²) in [4.78, 5) is 22.2. The maximum atomic E-state index is 11.2. The second-order valence-electron chi connectivity index (χ2n) is 7.67. The fourth-order valence-corrected chi connectivity index (χ4v) is 7.33. The third-order valence-corrected chi connectivity index (χ3v) is 8.25. The summed E-state index contributed by atoms with van der Waals surface area (Å²) >= 11 is 8.07. The standard InChI is InChI=1S/C21H19I4NO10.2Na/c22-8-1-6(3-12(26)19(30)31)2-9(23)16(8)34-7-4-10(24)17(11(25)5-7)35-21-15(29)13(27)14(28)18(36-21)20(32)33;;/h1-2,4-5,12-15,18,21,27-29H,3,26H2,(H,30,31)(H,32,33);;/q;2*+1/p-2/t12-,13-,14-,15+,18-,21+;;/m0../s1/i4+1,5+1,7+1,10+1,11+1,17+1;;. The van der Waals surface area contributed by atoms with Crippen molar-refractivity contribution < 1.29 is 108 Å². The van der Waals surface area contributed by atoms with Gasteiger partial charge in [-0.25, -0.2) is 0 Å². The van der Waals surface area contributed by atoms with Crippen LogP contribution in [0.25, 0.3) is 0 Å². The number of carbonyl (C=O) groups excluding carboxylic acids is 2. The maximum absolute atomic E-state index is 11.2. The van der Waals surface area contributed by atoms with Gasteiger partial charge in [-0.2, -0.15) is 0 Å². The molecule has 0 unspecified atom stereocenters. The van der Waals surface area contributed by atoms with Gasteiger partial charge < -0.3 is 55.1 Å². The molecule has 17 heteroatoms. The van der Waals surface area contributed by atoms with Crippen LogP contribution in [0.3, 0.4) is 0 Å². The van der Waals surface area contributed by atoms with Gasteiger partial charge in [0.1, 0.15) is 35.9 Å². The second-order valence-corrected chi connectivity index (χ2v) is 12.3. The minimum Gasteiger partial charge on any atom is -0.548 e. The number of rotatable bonds is 8. The number of carbonyl (C=O) groups is 2. The molecule has 0 aromatic heterocycles. The fraction of sp³-hybridized carbons (Fsp3) is 0.333. The number of benzene rings is 2. The summed E-state index contributed by atoms with van der Waals surface area (Å²) in [5.41, 5.74) is 6.29. The van der Waals surface area contributed by atoms with Gasteiger partial charge in [0.25, 0.3) is 0 Å². The normalized spacial score (nSPS) is 23.4. The molecule has 1 aliphatic heterocycles. The van der Waals surface area contributed by atoms with Gasteiger partial charge in [0, 0.05) is 6.04 Å². The van der Waals surface area contributed by atoms with E-state index < -0.39 is 48.7 Å². The van der Waals surface area contributed by atoms with Gasteiger partial charge in [0.05, 0.1) is 26.2 Å². The number of aliphatic carboxylic acids is 2. The van der Waals surface area contributed by atoms with Gasteiger partial charge in [-0.3, -0.25) is 0 Å². The van der Waals surface area contributed by atoms with Gasteiger partial charge in [-0.1, -0.05) is 0 Å². The van der Waals surface area contributed by atoms with Crippen LogP contribution in [-0.2, 0) is 20.7 Å². The van der Waals surface area contributed by atoms with E-state index in [0.717, 1.165) is 7.14 Å². The van der Waals surface area contributed by atoms with Crippen molar-refractivity contribution in [3.63, 3.8) is 0 Å². The Labute approximate surface area is 316 Å². The first-order valence-electron chi connectivity index (χ1n) is 9.98. The maximum Gasteiger partial charge on any atom is 1.00 e. The molecule has 0 bridgehead atoms. The average Bonchev–Trinajstić information content (AvgIpc) is 2.78. The van der Waals surface area contributed by atoms with Gasteiger partial charge in [-0.15, -0.1) is 0 Å². The zero-order valence-corrected chi connectivity index (χ0v) is 32.4. The van der Waals surface area contributed by atoms with Crippen molar-refractivity contribution in [2.24, 2.45) is 5.73 Å². The summed E-state index contributed by atoms with van der Waals surface area (Å²) in [6.07, 6.45) is -8.79. The quantitative estimate of drug-likeness (QED) is 0.145. The SMILES string of the molecule is N[C@@H](Cc1cc(I)c(O[13c]2[13cH][13c](I)[13c](O[C@@H]3O[C@H](C(=O)[O-])[C@@H](O)[C@H](O)[C@H]3O)[13c](I)[13cH]2)c(I)c1)C(=O)[O-].[Na+].[Na+]. The molecular weight excluding hydrogens is 986 g/mol. The summed E-state index contributed by atoms with van der Waals surface area (Å²) in [5.74, 6) is -1.86. The van der Waals surface area contributed by atoms with Crippen LogP contribution in [0, 0.1) is 14.3 Å². The zero-order chi connectivity index (χ0) is 26.9. The van der Waals surface area contributed by atoms with Crippen LogP contribution in [0.2, 0.25) is 0 Å². The molecule has 0 saturated carbocycles. The van der Waals surface area contributed by atoms with Gasteiger partial charge >= 0.3 is 59.1 Å². The first kappa shape index (κ1) is 37.7. The largest absolute Gasteiger partial charge is 1.00 e. The number of aliphatic hydroxyl groups excluding tert-OH is 3. The first-order chi connectivity index (χ1) is 16.8. The van der Waals surface area contributed by atoms with Crippen LogP contribution < -0.4 is 84.5 Å². The topological polar surface area (TPSA) is 195 Å². The van der Waals surface area contributed by atoms with Crippen LogP contribution >= 0.6 is 90.4 Å². The Morgan fingerprint density at radius 1 is 0.895 bits per heavy atom. The Balaban J connectivity index is 0.00000361. The van der Waals surface area contributed by atoms with Crippen molar-refractivity contribution in [3.05, 3.63) is 44.1 Å². The van der Waals surface area contributed by atoms with Crippen LogP contribution in [0.5, 0.6) is 17.2 Å². The van der Waals surface area contributed by atoms with E-state index in [1.165, 1.54) is 0 Å². The molecule has 0 radical (unpaired) electrons. The third-order valence-electron chi connectivity index (χ3n) is 5.04. The van der Waals surface area contributed by atoms with Crippen molar-refractivity contribution in [3.8, 4) is 17.2 Å². The molecule has 0 spiro atoms. The van der Waals surface area contributed by atoms with Crippen LogP contribution in [0.15, 0.2) is 24.3 Å². The van der Waals surface area contributed by atoms with Crippen LogP contribution in [-0.4, -0.2) is 64.0 Å². The zero-order valence-electron chi connectivity index (χ0n) is 19.8. The Hall–Kier alpha value is 1.70. The Kier molecular flexibility index (Phi) is 16.4. The number of aliphatic hydroxyl groups is 3. The number of halogens is 4. The number of hydrogen-bond donors (Lipinski definition) is 4. The van der Waals surface area contributed by atoms with Crippen molar-refractivity contribution in [2.45, 2.75) is 43.2 Å². The monoisotopic (exact) mass is 1000 g/mol. The second kappa shape index (κ2) is 16.5. The Morgan fingerprint density at radius 2 is 1.39 bits per heavy atom. The van der Waals surface area contributed by atoms with E-state index in [4.69, 9.17) is 19.9 Å². The van der Waals surface area contributed by atoms with E-state index in [1.807, 2.05) is 45.2 Å². The van der Waals surface area contributed by atoms with Crippen molar-refractivity contribution in [2.75, 3.05) is 0 Å². The molecule has 0 aliphatic carbocycles. The number of carboxylic acids is 2. The third kappa shape index (κ3) is 9.35. The molecular formula is C21H17I4NNa2O10. The van der Waals surface area contributed by atoms with E-state index in [9.17, 15) is 35.1 Å². The number of carboxylic acid groups (broad SMARTS) is 2. The van der Waals surface area contributed by atoms with Crippen LogP contribution in [0.4, 0.5) is 0 Å². The first-order valence-corrected chi connectivity index (χ1v) is 14.3. The minimum absolute atomic E-state index is 0. The number of nitrogens with two attached hydrogens (primary N) is 1. The van der Waals surface area contributed by atoms with E-state index in [1.54, 1.807) is 24.3 Å². The molecule has 2 aromatic rings. The molecule has 0 amide bonds. The molecule has 196 valence electrons. The van der Waals surface area contributed by atoms with Crippen molar-refractivity contribution in [1.82, 2.24) is 0 Å². The Morgan fingerprint density at radius 3 is 1.87 bits per heavy atom. The number of ether oxygens (including phenoxy) is 3. The predicted molar refractivity (Wildman–Crippen MR) is 153 cm³/mol. The van der Waals surface area contributed by atoms with Gasteiger partial charge in [0.2, 0.25) is 6.29 Å². The summed E-state index contributed by atoms with van der Waals surface area (Å²) in [6, 6.07) is 5.69. The smallest absolute Gasteiger partial charge is 0.548 e. The molecule has 1 aliphatic rings. The predicted octanol–water partition coefficient (Wildman–Crippen LogP) is -6.54. The summed E-state index contributed by atoms with van der Waals surface area (Å²) in [6.45, 7) is 0. The van der Waals surface area contributed by atoms with Gasteiger partial charge in [0.15, 0.2) is 5.75 Å². The molecule has 1 saturated heterocycles.